The van der Waals surface area contributed by atoms with Crippen LogP contribution >= 0.6 is 0 Å². The summed E-state index contributed by atoms with van der Waals surface area (Å²) in [6.07, 6.45) is 5.57. The van der Waals surface area contributed by atoms with Crippen LogP contribution in [-0.4, -0.2) is 20.8 Å². The molecule has 0 bridgehead atoms. The Hall–Kier alpha value is -0.900. The predicted octanol–water partition coefficient (Wildman–Crippen LogP) is 1.79. The molecule has 0 amide bonds. The molecule has 1 N–H and O–H groups in total. The van der Waals surface area contributed by atoms with Gasteiger partial charge >= 0.3 is 0 Å². The first kappa shape index (κ1) is 11.6. The first-order chi connectivity index (χ1) is 7.68. The Labute approximate surface area is 97.5 Å². The molecule has 1 fully saturated rings. The van der Waals surface area contributed by atoms with Crippen LogP contribution in [0.3, 0.4) is 0 Å². The maximum atomic E-state index is 4.16. The Balaban J connectivity index is 1.84. The van der Waals surface area contributed by atoms with E-state index >= 15 is 0 Å². The number of nitrogens with zero attached hydrogens (tertiary/aromatic N) is 3. The Morgan fingerprint density at radius 3 is 2.62 bits per heavy atom. The third-order valence-electron chi connectivity index (χ3n) is 3.87. The first-order valence-corrected chi connectivity index (χ1v) is 6.26. The summed E-state index contributed by atoms with van der Waals surface area (Å²) in [6, 6.07) is 0.597. The lowest BCUT2D eigenvalue weighted by Crippen LogP contribution is -2.32. The molecule has 1 heterocycles. The summed E-state index contributed by atoms with van der Waals surface area (Å²) in [4.78, 5) is 0. The predicted molar refractivity (Wildman–Crippen MR) is 64.0 cm³/mol. The summed E-state index contributed by atoms with van der Waals surface area (Å²) < 4.78 is 2.05. The summed E-state index contributed by atoms with van der Waals surface area (Å²) in [7, 11) is 2.02. The maximum Gasteiger partial charge on any atom is 0.146 e. The molecule has 4 nitrogen and oxygen atoms in total. The van der Waals surface area contributed by atoms with E-state index in [9.17, 15) is 0 Å². The van der Waals surface area contributed by atoms with E-state index in [4.69, 9.17) is 0 Å². The van der Waals surface area contributed by atoms with Gasteiger partial charge in [-0.05, 0) is 32.6 Å². The standard InChI is InChI=1S/C12H22N4/c1-9(11-6-4-5-7-11)13-8-12-15-14-10(2)16(12)3/h9,11,13H,4-8H2,1-3H3. The normalized spacial score (nSPS) is 19.2. The van der Waals surface area contributed by atoms with E-state index in [0.29, 0.717) is 6.04 Å². The van der Waals surface area contributed by atoms with Crippen LogP contribution in [0, 0.1) is 12.8 Å². The fourth-order valence-electron chi connectivity index (χ4n) is 2.48. The zero-order chi connectivity index (χ0) is 11.5. The quantitative estimate of drug-likeness (QED) is 0.844. The van der Waals surface area contributed by atoms with Crippen LogP contribution in [0.1, 0.15) is 44.3 Å². The molecule has 4 heteroatoms. The lowest BCUT2D eigenvalue weighted by molar-refractivity contribution is 0.375. The van der Waals surface area contributed by atoms with Crippen molar-refractivity contribution in [2.24, 2.45) is 13.0 Å². The molecule has 2 rings (SSSR count). The van der Waals surface area contributed by atoms with Crippen LogP contribution in [0.2, 0.25) is 0 Å². The lowest BCUT2D eigenvalue weighted by atomic mass is 10.00. The molecule has 16 heavy (non-hydrogen) atoms. The van der Waals surface area contributed by atoms with Gasteiger partial charge in [0.05, 0.1) is 6.54 Å². The minimum absolute atomic E-state index is 0.597. The van der Waals surface area contributed by atoms with Crippen LogP contribution in [0.5, 0.6) is 0 Å². The van der Waals surface area contributed by atoms with Gasteiger partial charge in [-0.15, -0.1) is 10.2 Å². The van der Waals surface area contributed by atoms with Crippen molar-refractivity contribution in [2.75, 3.05) is 0 Å². The van der Waals surface area contributed by atoms with Crippen molar-refractivity contribution in [2.45, 2.75) is 52.1 Å². The van der Waals surface area contributed by atoms with Gasteiger partial charge in [-0.3, -0.25) is 0 Å². The minimum atomic E-state index is 0.597. The summed E-state index contributed by atoms with van der Waals surface area (Å²) in [5.74, 6) is 2.86. The molecule has 0 aromatic carbocycles. The van der Waals surface area contributed by atoms with Crippen LogP contribution in [0.4, 0.5) is 0 Å². The van der Waals surface area contributed by atoms with Crippen LogP contribution in [-0.2, 0) is 13.6 Å². The van der Waals surface area contributed by atoms with Crippen molar-refractivity contribution in [3.05, 3.63) is 11.6 Å². The zero-order valence-electron chi connectivity index (χ0n) is 10.5. The van der Waals surface area contributed by atoms with Crippen LogP contribution < -0.4 is 5.32 Å². The fourth-order valence-corrected chi connectivity index (χ4v) is 2.48. The number of rotatable bonds is 4. The zero-order valence-corrected chi connectivity index (χ0v) is 10.5. The third kappa shape index (κ3) is 2.43. The number of nitrogens with one attached hydrogen (secondary N) is 1. The van der Waals surface area contributed by atoms with Crippen molar-refractivity contribution >= 4 is 0 Å². The largest absolute Gasteiger partial charge is 0.317 e. The van der Waals surface area contributed by atoms with Crippen LogP contribution in [0.25, 0.3) is 0 Å². The SMILES string of the molecule is Cc1nnc(CNC(C)C2CCCC2)n1C. The topological polar surface area (TPSA) is 42.7 Å². The highest BCUT2D eigenvalue weighted by Gasteiger charge is 2.21. The second-order valence-electron chi connectivity index (χ2n) is 4.94. The molecule has 1 atom stereocenters. The number of aromatic nitrogens is 3. The number of aryl methyl sites for hydroxylation is 1. The average molecular weight is 222 g/mol. The van der Waals surface area contributed by atoms with Crippen LogP contribution in [0.15, 0.2) is 0 Å². The highest BCUT2D eigenvalue weighted by Crippen LogP contribution is 2.27. The molecule has 1 aromatic rings. The molecular formula is C12H22N4. The highest BCUT2D eigenvalue weighted by molar-refractivity contribution is 4.92. The molecule has 0 radical (unpaired) electrons. The van der Waals surface area contributed by atoms with Gasteiger partial charge in [-0.25, -0.2) is 0 Å². The smallest absolute Gasteiger partial charge is 0.146 e. The molecule has 1 aliphatic rings. The monoisotopic (exact) mass is 222 g/mol. The molecule has 1 saturated carbocycles. The summed E-state index contributed by atoms with van der Waals surface area (Å²) in [6.45, 7) is 5.10. The van der Waals surface area contributed by atoms with E-state index in [1.54, 1.807) is 0 Å². The van der Waals surface area contributed by atoms with Gasteiger partial charge in [0.25, 0.3) is 0 Å². The lowest BCUT2D eigenvalue weighted by Gasteiger charge is -2.19. The number of hydrogen-bond donors (Lipinski definition) is 1. The molecule has 1 aliphatic carbocycles. The van der Waals surface area contributed by atoms with Gasteiger partial charge in [-0.2, -0.15) is 0 Å². The Morgan fingerprint density at radius 1 is 1.38 bits per heavy atom. The van der Waals surface area contributed by atoms with E-state index in [0.717, 1.165) is 24.1 Å². The van der Waals surface area contributed by atoms with Gasteiger partial charge < -0.3 is 9.88 Å². The van der Waals surface area contributed by atoms with Gasteiger partial charge in [0.2, 0.25) is 0 Å². The maximum absolute atomic E-state index is 4.16. The van der Waals surface area contributed by atoms with Crippen molar-refractivity contribution in [1.29, 1.82) is 0 Å². The van der Waals surface area contributed by atoms with E-state index in [1.807, 2.05) is 18.5 Å². The summed E-state index contributed by atoms with van der Waals surface area (Å²) in [5.41, 5.74) is 0. The molecule has 0 saturated heterocycles. The molecule has 90 valence electrons. The fraction of sp³-hybridized carbons (Fsp3) is 0.833. The average Bonchev–Trinajstić information content (AvgIpc) is 2.89. The van der Waals surface area contributed by atoms with E-state index in [-0.39, 0.29) is 0 Å². The first-order valence-electron chi connectivity index (χ1n) is 6.26. The molecule has 0 aliphatic heterocycles. The Bertz CT molecular complexity index is 339. The van der Waals surface area contributed by atoms with Crippen molar-refractivity contribution < 1.29 is 0 Å². The Morgan fingerprint density at radius 2 is 2.06 bits per heavy atom. The molecule has 1 unspecified atom stereocenters. The summed E-state index contributed by atoms with van der Waals surface area (Å²) >= 11 is 0. The highest BCUT2D eigenvalue weighted by atomic mass is 15.3. The van der Waals surface area contributed by atoms with Crippen molar-refractivity contribution in [3.8, 4) is 0 Å². The van der Waals surface area contributed by atoms with Gasteiger partial charge in [-0.1, -0.05) is 12.8 Å². The van der Waals surface area contributed by atoms with Gasteiger partial charge in [0.1, 0.15) is 11.6 Å². The number of hydrogen-bond acceptors (Lipinski definition) is 3. The molecular weight excluding hydrogens is 200 g/mol. The van der Waals surface area contributed by atoms with E-state index < -0.39 is 0 Å². The Kier molecular flexibility index (Phi) is 3.59. The van der Waals surface area contributed by atoms with E-state index in [2.05, 4.69) is 22.4 Å². The second kappa shape index (κ2) is 4.95. The second-order valence-corrected chi connectivity index (χ2v) is 4.94. The molecule has 1 aromatic heterocycles. The molecule has 0 spiro atoms. The minimum Gasteiger partial charge on any atom is -0.317 e. The van der Waals surface area contributed by atoms with Crippen molar-refractivity contribution in [1.82, 2.24) is 20.1 Å². The third-order valence-corrected chi connectivity index (χ3v) is 3.87. The van der Waals surface area contributed by atoms with Gasteiger partial charge in [0.15, 0.2) is 0 Å². The van der Waals surface area contributed by atoms with Gasteiger partial charge in [0, 0.05) is 13.1 Å². The van der Waals surface area contributed by atoms with Crippen molar-refractivity contribution in [3.63, 3.8) is 0 Å². The van der Waals surface area contributed by atoms with E-state index in [1.165, 1.54) is 25.7 Å². The summed E-state index contributed by atoms with van der Waals surface area (Å²) in [5, 5.41) is 11.8.